The van der Waals surface area contributed by atoms with Gasteiger partial charge in [-0.2, -0.15) is 4.98 Å². The van der Waals surface area contributed by atoms with E-state index in [0.29, 0.717) is 5.56 Å². The van der Waals surface area contributed by atoms with Crippen molar-refractivity contribution in [3.05, 3.63) is 50.6 Å². The van der Waals surface area contributed by atoms with Crippen molar-refractivity contribution in [2.24, 2.45) is 0 Å². The number of hydrogen-bond acceptors (Lipinski definition) is 8. The predicted octanol–water partition coefficient (Wildman–Crippen LogP) is 1.94. The molecule has 110 valence electrons. The van der Waals surface area contributed by atoms with Crippen LogP contribution in [0.15, 0.2) is 34.9 Å². The molecule has 11 heteroatoms. The summed E-state index contributed by atoms with van der Waals surface area (Å²) in [6.45, 7) is 0. The number of benzene rings is 1. The summed E-state index contributed by atoms with van der Waals surface area (Å²) in [5.74, 6) is -0.113. The maximum Gasteiger partial charge on any atom is 0.343 e. The number of hydrogen-bond donors (Lipinski definition) is 1. The smallest absolute Gasteiger partial charge is 0.343 e. The number of nitro groups is 2. The molecule has 0 fully saturated rings. The normalized spacial score (nSPS) is 10.5. The Morgan fingerprint density at radius 2 is 1.82 bits per heavy atom. The van der Waals surface area contributed by atoms with E-state index in [1.807, 2.05) is 0 Å². The van der Waals surface area contributed by atoms with Gasteiger partial charge in [0.05, 0.1) is 11.0 Å². The summed E-state index contributed by atoms with van der Waals surface area (Å²) in [4.78, 5) is 24.0. The monoisotopic (exact) mass is 302 g/mol. The molecule has 0 aliphatic rings. The first-order valence-corrected chi connectivity index (χ1v) is 5.83. The summed E-state index contributed by atoms with van der Waals surface area (Å²) in [5, 5.41) is 30.8. The zero-order chi connectivity index (χ0) is 15.7. The molecular formula is C11H6N6O5. The lowest BCUT2D eigenvalue weighted by atomic mass is 10.2. The molecule has 3 rings (SSSR count). The second-order valence-electron chi connectivity index (χ2n) is 4.12. The summed E-state index contributed by atoms with van der Waals surface area (Å²) >= 11 is 0. The highest BCUT2D eigenvalue weighted by atomic mass is 16.6. The molecule has 2 heterocycles. The van der Waals surface area contributed by atoms with Crippen LogP contribution in [-0.4, -0.2) is 30.2 Å². The largest absolute Gasteiger partial charge is 0.358 e. The van der Waals surface area contributed by atoms with Crippen molar-refractivity contribution < 1.29 is 14.4 Å². The maximum absolute atomic E-state index is 10.6. The molecule has 1 N–H and O–H groups in total. The third kappa shape index (κ3) is 2.37. The molecule has 0 amide bonds. The molecule has 0 bridgehead atoms. The number of nitrogens with zero attached hydrogens (tertiary/aromatic N) is 5. The first kappa shape index (κ1) is 13.4. The van der Waals surface area contributed by atoms with Gasteiger partial charge >= 0.3 is 5.82 Å². The minimum atomic E-state index is -0.635. The Bertz CT molecular complexity index is 852. The van der Waals surface area contributed by atoms with Gasteiger partial charge in [-0.15, -0.1) is 5.10 Å². The average Bonchev–Trinajstić information content (AvgIpc) is 3.16. The van der Waals surface area contributed by atoms with Crippen LogP contribution in [0, 0.1) is 20.2 Å². The number of non-ortho nitro benzene ring substituents is 1. The van der Waals surface area contributed by atoms with Crippen LogP contribution < -0.4 is 0 Å². The molecule has 0 saturated heterocycles. The van der Waals surface area contributed by atoms with Crippen molar-refractivity contribution in [2.75, 3.05) is 0 Å². The van der Waals surface area contributed by atoms with Gasteiger partial charge in [0.2, 0.25) is 5.82 Å². The van der Waals surface area contributed by atoms with Crippen LogP contribution >= 0.6 is 0 Å². The Labute approximate surface area is 120 Å². The van der Waals surface area contributed by atoms with Crippen molar-refractivity contribution >= 4 is 11.5 Å². The molecule has 0 saturated carbocycles. The number of H-pyrrole nitrogens is 1. The van der Waals surface area contributed by atoms with Gasteiger partial charge in [-0.05, 0) is 17.1 Å². The Kier molecular flexibility index (Phi) is 3.06. The average molecular weight is 302 g/mol. The maximum atomic E-state index is 10.6. The van der Waals surface area contributed by atoms with Crippen LogP contribution in [-0.2, 0) is 0 Å². The van der Waals surface area contributed by atoms with Crippen molar-refractivity contribution in [2.45, 2.75) is 0 Å². The Balaban J connectivity index is 1.89. The van der Waals surface area contributed by atoms with Gasteiger partial charge in [0.15, 0.2) is 5.69 Å². The van der Waals surface area contributed by atoms with Gasteiger partial charge in [0, 0.05) is 17.7 Å². The van der Waals surface area contributed by atoms with E-state index in [4.69, 9.17) is 4.52 Å². The van der Waals surface area contributed by atoms with Crippen LogP contribution in [0.4, 0.5) is 11.5 Å². The van der Waals surface area contributed by atoms with Gasteiger partial charge in [0.25, 0.3) is 11.6 Å². The first-order chi connectivity index (χ1) is 10.5. The third-order valence-electron chi connectivity index (χ3n) is 2.74. The highest BCUT2D eigenvalue weighted by molar-refractivity contribution is 5.60. The van der Waals surface area contributed by atoms with Gasteiger partial charge in [-0.3, -0.25) is 10.1 Å². The highest BCUT2D eigenvalue weighted by Gasteiger charge is 2.18. The standard InChI is InChI=1S/C11H6N6O5/c18-16(19)7-3-1-6(2-4-7)10-12-11(22-15-10)8-5-9(14-13-8)17(20)21/h1-5H,(H,13,14). The summed E-state index contributed by atoms with van der Waals surface area (Å²) in [6.07, 6.45) is 0. The summed E-state index contributed by atoms with van der Waals surface area (Å²) in [7, 11) is 0. The predicted molar refractivity (Wildman–Crippen MR) is 70.6 cm³/mol. The lowest BCUT2D eigenvalue weighted by molar-refractivity contribution is -0.389. The lowest BCUT2D eigenvalue weighted by Crippen LogP contribution is -1.87. The number of nitrogens with one attached hydrogen (secondary N) is 1. The topological polar surface area (TPSA) is 154 Å². The van der Waals surface area contributed by atoms with Crippen LogP contribution in [0.1, 0.15) is 0 Å². The van der Waals surface area contributed by atoms with Crippen LogP contribution in [0.5, 0.6) is 0 Å². The van der Waals surface area contributed by atoms with Crippen LogP contribution in [0.25, 0.3) is 23.0 Å². The SMILES string of the molecule is O=[N+]([O-])c1ccc(-c2noc(-c3cc([N+](=O)[O-])[nH]n3)n2)cc1. The minimum Gasteiger partial charge on any atom is -0.358 e. The second-order valence-corrected chi connectivity index (χ2v) is 4.12. The van der Waals surface area contributed by atoms with E-state index in [1.54, 1.807) is 0 Å². The van der Waals surface area contributed by atoms with Gasteiger partial charge in [-0.1, -0.05) is 10.3 Å². The molecule has 0 atom stereocenters. The molecule has 3 aromatic rings. The van der Waals surface area contributed by atoms with E-state index in [0.717, 1.165) is 6.07 Å². The van der Waals surface area contributed by atoms with Crippen molar-refractivity contribution in [3.63, 3.8) is 0 Å². The van der Waals surface area contributed by atoms with E-state index in [9.17, 15) is 20.2 Å². The summed E-state index contributed by atoms with van der Waals surface area (Å²) < 4.78 is 4.98. The zero-order valence-electron chi connectivity index (χ0n) is 10.7. The van der Waals surface area contributed by atoms with E-state index in [2.05, 4.69) is 20.3 Å². The fraction of sp³-hybridized carbons (Fsp3) is 0. The van der Waals surface area contributed by atoms with Crippen LogP contribution in [0.2, 0.25) is 0 Å². The molecular weight excluding hydrogens is 296 g/mol. The van der Waals surface area contributed by atoms with E-state index in [-0.39, 0.29) is 28.9 Å². The second kappa shape index (κ2) is 5.05. The number of aromatic nitrogens is 4. The van der Waals surface area contributed by atoms with E-state index >= 15 is 0 Å². The number of rotatable bonds is 4. The van der Waals surface area contributed by atoms with Crippen molar-refractivity contribution in [3.8, 4) is 23.0 Å². The first-order valence-electron chi connectivity index (χ1n) is 5.83. The Hall–Kier alpha value is -3.63. The molecule has 1 aromatic carbocycles. The molecule has 11 nitrogen and oxygen atoms in total. The molecule has 2 aromatic heterocycles. The minimum absolute atomic E-state index is 0.00213. The molecule has 0 aliphatic heterocycles. The molecule has 0 aliphatic carbocycles. The lowest BCUT2D eigenvalue weighted by Gasteiger charge is -1.93. The number of aromatic amines is 1. The Morgan fingerprint density at radius 1 is 1.09 bits per heavy atom. The van der Waals surface area contributed by atoms with E-state index < -0.39 is 9.85 Å². The van der Waals surface area contributed by atoms with Gasteiger partial charge < -0.3 is 14.6 Å². The highest BCUT2D eigenvalue weighted by Crippen LogP contribution is 2.24. The quantitative estimate of drug-likeness (QED) is 0.566. The van der Waals surface area contributed by atoms with Gasteiger partial charge in [0.1, 0.15) is 0 Å². The van der Waals surface area contributed by atoms with E-state index in [1.165, 1.54) is 24.3 Å². The van der Waals surface area contributed by atoms with Crippen LogP contribution in [0.3, 0.4) is 0 Å². The number of nitro benzene ring substituents is 1. The summed E-state index contributed by atoms with van der Waals surface area (Å²) in [6, 6.07) is 6.72. The fourth-order valence-corrected chi connectivity index (χ4v) is 1.69. The van der Waals surface area contributed by atoms with Crippen molar-refractivity contribution in [1.29, 1.82) is 0 Å². The summed E-state index contributed by atoms with van der Waals surface area (Å²) in [5.41, 5.74) is 0.577. The molecule has 0 radical (unpaired) electrons. The molecule has 22 heavy (non-hydrogen) atoms. The molecule has 0 spiro atoms. The molecule has 0 unspecified atom stereocenters. The van der Waals surface area contributed by atoms with Gasteiger partial charge in [-0.25, -0.2) is 0 Å². The third-order valence-corrected chi connectivity index (χ3v) is 2.74. The fourth-order valence-electron chi connectivity index (χ4n) is 1.69. The zero-order valence-corrected chi connectivity index (χ0v) is 10.7. The Morgan fingerprint density at radius 3 is 2.41 bits per heavy atom. The van der Waals surface area contributed by atoms with Crippen molar-refractivity contribution in [1.82, 2.24) is 20.3 Å².